The summed E-state index contributed by atoms with van der Waals surface area (Å²) >= 11 is 6.03. The summed E-state index contributed by atoms with van der Waals surface area (Å²) in [5, 5.41) is 5.37. The van der Waals surface area contributed by atoms with Crippen LogP contribution in [0.4, 0.5) is 5.69 Å². The number of nitrogens with zero attached hydrogens (tertiary/aromatic N) is 2. The van der Waals surface area contributed by atoms with Crippen molar-refractivity contribution >= 4 is 38.0 Å². The molecule has 3 rings (SSSR count). The van der Waals surface area contributed by atoms with Crippen LogP contribution in [0, 0.1) is 0 Å². The first-order chi connectivity index (χ1) is 11.4. The summed E-state index contributed by atoms with van der Waals surface area (Å²) in [6, 6.07) is 8.13. The summed E-state index contributed by atoms with van der Waals surface area (Å²) in [5.41, 5.74) is 1.96. The van der Waals surface area contributed by atoms with Gasteiger partial charge >= 0.3 is 0 Å². The maximum atomic E-state index is 11.3. The van der Waals surface area contributed by atoms with Crippen LogP contribution in [0.15, 0.2) is 30.5 Å². The lowest BCUT2D eigenvalue weighted by Crippen LogP contribution is -2.41. The minimum absolute atomic E-state index is 0.237. The number of sulfone groups is 1. The van der Waals surface area contributed by atoms with E-state index in [1.165, 1.54) is 6.26 Å². The number of nitrogens with one attached hydrogen (secondary N) is 1. The van der Waals surface area contributed by atoms with Crippen LogP contribution in [0.2, 0.25) is 5.02 Å². The predicted octanol–water partition coefficient (Wildman–Crippen LogP) is 2.81. The SMILES string of the molecule is CS(=O)(=O)CCN1CCC(Nc2ccnc3cc(Cl)ccc23)CC1. The predicted molar refractivity (Wildman–Crippen MR) is 99.5 cm³/mol. The molecule has 1 aliphatic rings. The van der Waals surface area contributed by atoms with Gasteiger partial charge in [-0.3, -0.25) is 4.98 Å². The number of hydrogen-bond donors (Lipinski definition) is 1. The zero-order valence-corrected chi connectivity index (χ0v) is 15.3. The van der Waals surface area contributed by atoms with E-state index < -0.39 is 9.84 Å². The molecule has 2 heterocycles. The van der Waals surface area contributed by atoms with Gasteiger partial charge in [0.15, 0.2) is 0 Å². The second-order valence-corrected chi connectivity index (χ2v) is 9.11. The molecule has 2 aromatic rings. The van der Waals surface area contributed by atoms with E-state index in [9.17, 15) is 8.42 Å². The van der Waals surface area contributed by atoms with E-state index in [1.807, 2.05) is 24.3 Å². The van der Waals surface area contributed by atoms with Crippen LogP contribution >= 0.6 is 11.6 Å². The van der Waals surface area contributed by atoms with E-state index in [1.54, 1.807) is 6.20 Å². The Balaban J connectivity index is 1.60. The monoisotopic (exact) mass is 367 g/mol. The molecule has 130 valence electrons. The first kappa shape index (κ1) is 17.5. The molecular formula is C17H22ClN3O2S. The summed E-state index contributed by atoms with van der Waals surface area (Å²) in [6.45, 7) is 2.46. The maximum Gasteiger partial charge on any atom is 0.148 e. The Kier molecular flexibility index (Phi) is 5.27. The van der Waals surface area contributed by atoms with Crippen molar-refractivity contribution < 1.29 is 8.42 Å². The first-order valence-corrected chi connectivity index (χ1v) is 10.6. The molecule has 1 N–H and O–H groups in total. The molecule has 1 aliphatic heterocycles. The summed E-state index contributed by atoms with van der Waals surface area (Å²) in [7, 11) is -2.89. The fourth-order valence-corrected chi connectivity index (χ4v) is 3.82. The van der Waals surface area contributed by atoms with Gasteiger partial charge in [0.1, 0.15) is 9.84 Å². The lowest BCUT2D eigenvalue weighted by atomic mass is 10.0. The van der Waals surface area contributed by atoms with Crippen molar-refractivity contribution in [1.82, 2.24) is 9.88 Å². The molecule has 5 nitrogen and oxygen atoms in total. The van der Waals surface area contributed by atoms with E-state index in [0.29, 0.717) is 17.6 Å². The average Bonchev–Trinajstić information content (AvgIpc) is 2.53. The Bertz CT molecular complexity index is 818. The van der Waals surface area contributed by atoms with Crippen molar-refractivity contribution in [3.63, 3.8) is 0 Å². The minimum atomic E-state index is -2.89. The molecule has 0 unspecified atom stereocenters. The minimum Gasteiger partial charge on any atom is -0.382 e. The van der Waals surface area contributed by atoms with Crippen molar-refractivity contribution in [2.24, 2.45) is 0 Å². The van der Waals surface area contributed by atoms with Gasteiger partial charge in [0.05, 0.1) is 11.3 Å². The molecule has 7 heteroatoms. The van der Waals surface area contributed by atoms with Crippen LogP contribution in [0.5, 0.6) is 0 Å². The van der Waals surface area contributed by atoms with Gasteiger partial charge in [0.25, 0.3) is 0 Å². The fourth-order valence-electron chi connectivity index (χ4n) is 3.06. The van der Waals surface area contributed by atoms with Crippen LogP contribution in [-0.2, 0) is 9.84 Å². The highest BCUT2D eigenvalue weighted by atomic mass is 35.5. The molecule has 0 saturated carbocycles. The van der Waals surface area contributed by atoms with Crippen LogP contribution in [0.25, 0.3) is 10.9 Å². The smallest absolute Gasteiger partial charge is 0.148 e. The number of anilines is 1. The number of likely N-dealkylation sites (tertiary alicyclic amines) is 1. The molecule has 0 aliphatic carbocycles. The number of benzene rings is 1. The van der Waals surface area contributed by atoms with Crippen molar-refractivity contribution in [1.29, 1.82) is 0 Å². The number of pyridine rings is 1. The second-order valence-electron chi connectivity index (χ2n) is 6.41. The van der Waals surface area contributed by atoms with Crippen LogP contribution in [-0.4, -0.2) is 56.0 Å². The van der Waals surface area contributed by atoms with Gasteiger partial charge in [-0.05, 0) is 37.1 Å². The van der Waals surface area contributed by atoms with E-state index in [2.05, 4.69) is 15.2 Å². The fraction of sp³-hybridized carbons (Fsp3) is 0.471. The standard InChI is InChI=1S/C17H22ClN3O2S/c1-24(22,23)11-10-21-8-5-14(6-9-21)20-16-4-7-19-17-12-13(18)2-3-15(16)17/h2-4,7,12,14H,5-6,8-11H2,1H3,(H,19,20). The number of piperidine rings is 1. The third-order valence-corrected chi connectivity index (χ3v) is 5.59. The zero-order chi connectivity index (χ0) is 17.2. The van der Waals surface area contributed by atoms with Crippen molar-refractivity contribution in [3.05, 3.63) is 35.5 Å². The molecule has 0 radical (unpaired) electrons. The highest BCUT2D eigenvalue weighted by Gasteiger charge is 2.20. The Morgan fingerprint density at radius 3 is 2.75 bits per heavy atom. The van der Waals surface area contributed by atoms with Crippen LogP contribution < -0.4 is 5.32 Å². The van der Waals surface area contributed by atoms with Crippen molar-refractivity contribution in [3.8, 4) is 0 Å². The summed E-state index contributed by atoms with van der Waals surface area (Å²) in [6.07, 6.45) is 5.09. The lowest BCUT2D eigenvalue weighted by molar-refractivity contribution is 0.230. The Morgan fingerprint density at radius 2 is 2.04 bits per heavy atom. The molecule has 0 amide bonds. The molecule has 0 spiro atoms. The molecular weight excluding hydrogens is 346 g/mol. The van der Waals surface area contributed by atoms with Crippen LogP contribution in [0.3, 0.4) is 0 Å². The van der Waals surface area contributed by atoms with Crippen molar-refractivity contribution in [2.45, 2.75) is 18.9 Å². The van der Waals surface area contributed by atoms with E-state index >= 15 is 0 Å². The highest BCUT2D eigenvalue weighted by molar-refractivity contribution is 7.90. The quantitative estimate of drug-likeness (QED) is 0.880. The average molecular weight is 368 g/mol. The Hall–Kier alpha value is -1.37. The number of aromatic nitrogens is 1. The van der Waals surface area contributed by atoms with Gasteiger partial charge in [-0.1, -0.05) is 11.6 Å². The largest absolute Gasteiger partial charge is 0.382 e. The van der Waals surface area contributed by atoms with Gasteiger partial charge < -0.3 is 10.2 Å². The normalized spacial score (nSPS) is 17.2. The first-order valence-electron chi connectivity index (χ1n) is 8.11. The molecule has 0 bridgehead atoms. The number of rotatable bonds is 5. The summed E-state index contributed by atoms with van der Waals surface area (Å²) in [5.74, 6) is 0.237. The molecule has 1 aromatic carbocycles. The maximum absolute atomic E-state index is 11.3. The number of halogens is 1. The van der Waals surface area contributed by atoms with Crippen LogP contribution in [0.1, 0.15) is 12.8 Å². The number of fused-ring (bicyclic) bond motifs is 1. The molecule has 0 atom stereocenters. The third kappa shape index (κ3) is 4.59. The van der Waals surface area contributed by atoms with Gasteiger partial charge in [-0.15, -0.1) is 0 Å². The summed E-state index contributed by atoms with van der Waals surface area (Å²) < 4.78 is 22.5. The molecule has 1 fully saturated rings. The molecule has 1 saturated heterocycles. The van der Waals surface area contributed by atoms with E-state index in [4.69, 9.17) is 11.6 Å². The third-order valence-electron chi connectivity index (χ3n) is 4.43. The van der Waals surface area contributed by atoms with E-state index in [0.717, 1.165) is 42.5 Å². The second kappa shape index (κ2) is 7.25. The van der Waals surface area contributed by atoms with Crippen molar-refractivity contribution in [2.75, 3.05) is 37.0 Å². The Labute approximate surface area is 147 Å². The Morgan fingerprint density at radius 1 is 1.29 bits per heavy atom. The highest BCUT2D eigenvalue weighted by Crippen LogP contribution is 2.26. The van der Waals surface area contributed by atoms with Gasteiger partial charge in [-0.25, -0.2) is 8.42 Å². The number of hydrogen-bond acceptors (Lipinski definition) is 5. The molecule has 24 heavy (non-hydrogen) atoms. The van der Waals surface area contributed by atoms with Gasteiger partial charge in [0, 0.05) is 54.2 Å². The molecule has 1 aromatic heterocycles. The lowest BCUT2D eigenvalue weighted by Gasteiger charge is -2.32. The topological polar surface area (TPSA) is 62.3 Å². The zero-order valence-electron chi connectivity index (χ0n) is 13.7. The van der Waals surface area contributed by atoms with E-state index in [-0.39, 0.29) is 5.75 Å². The van der Waals surface area contributed by atoms with Gasteiger partial charge in [-0.2, -0.15) is 0 Å². The summed E-state index contributed by atoms with van der Waals surface area (Å²) in [4.78, 5) is 6.59. The van der Waals surface area contributed by atoms with Gasteiger partial charge in [0.2, 0.25) is 0 Å².